The monoisotopic (exact) mass is 303 g/mol. The molecule has 0 spiro atoms. The average Bonchev–Trinajstić information content (AvgIpc) is 2.81. The number of aryl methyl sites for hydroxylation is 1. The van der Waals surface area contributed by atoms with E-state index in [0.29, 0.717) is 13.0 Å². The molecule has 7 heteroatoms. The second-order valence-electron chi connectivity index (χ2n) is 4.45. The summed E-state index contributed by atoms with van der Waals surface area (Å²) in [7, 11) is -3.72. The zero-order valence-corrected chi connectivity index (χ0v) is 11.9. The molecular weight excluding hydrogens is 290 g/mol. The summed E-state index contributed by atoms with van der Waals surface area (Å²) in [6.45, 7) is 2.34. The van der Waals surface area contributed by atoms with E-state index >= 15 is 0 Å². The Morgan fingerprint density at radius 3 is 2.79 bits per heavy atom. The van der Waals surface area contributed by atoms with Crippen molar-refractivity contribution in [3.05, 3.63) is 34.3 Å². The summed E-state index contributed by atoms with van der Waals surface area (Å²) in [6.07, 6.45) is 0.393. The van der Waals surface area contributed by atoms with Crippen LogP contribution in [0.25, 0.3) is 0 Å². The molecule has 1 N–H and O–H groups in total. The number of nitrogens with one attached hydrogen (secondary N) is 1. The molecule has 1 amide bonds. The van der Waals surface area contributed by atoms with Crippen molar-refractivity contribution < 1.29 is 17.9 Å². The first-order chi connectivity index (χ1) is 8.90. The minimum absolute atomic E-state index is 0.115. The summed E-state index contributed by atoms with van der Waals surface area (Å²) in [4.78, 5) is 11.9. The molecule has 0 bridgehead atoms. The lowest BCUT2D eigenvalue weighted by Crippen LogP contribution is -2.38. The lowest BCUT2D eigenvalue weighted by atomic mass is 10.1. The molecule has 1 aromatic rings. The number of amides is 1. The van der Waals surface area contributed by atoms with Gasteiger partial charge in [0.25, 0.3) is 5.91 Å². The molecule has 1 aliphatic heterocycles. The molecule has 1 atom stereocenters. The Kier molecular flexibility index (Phi) is 4.13. The van der Waals surface area contributed by atoms with Gasteiger partial charge < -0.3 is 4.74 Å². The minimum atomic E-state index is -3.72. The maximum absolute atomic E-state index is 11.9. The number of hydrogen-bond acceptors (Lipinski definition) is 4. The van der Waals surface area contributed by atoms with Gasteiger partial charge in [0.1, 0.15) is 5.25 Å². The molecule has 1 saturated heterocycles. The van der Waals surface area contributed by atoms with Crippen LogP contribution in [0.4, 0.5) is 0 Å². The third kappa shape index (κ3) is 3.26. The van der Waals surface area contributed by atoms with E-state index in [0.717, 1.165) is 5.56 Å². The second-order valence-corrected chi connectivity index (χ2v) is 6.81. The van der Waals surface area contributed by atoms with E-state index in [1.807, 2.05) is 11.6 Å². The molecule has 0 radical (unpaired) electrons. The van der Waals surface area contributed by atoms with Gasteiger partial charge in [-0.05, 0) is 31.0 Å². The number of carbonyl (C=O) groups excluding carboxylic acids is 1. The molecule has 0 aliphatic carbocycles. The fraction of sp³-hybridized carbons (Fsp3) is 0.417. The van der Waals surface area contributed by atoms with Crippen LogP contribution in [0.5, 0.6) is 0 Å². The van der Waals surface area contributed by atoms with Crippen molar-refractivity contribution >= 4 is 27.5 Å². The largest absolute Gasteiger partial charge is 0.380 e. The molecule has 1 aliphatic rings. The molecule has 1 aromatic carbocycles. The van der Waals surface area contributed by atoms with E-state index in [-0.39, 0.29) is 17.2 Å². The average molecular weight is 304 g/mol. The van der Waals surface area contributed by atoms with Crippen LogP contribution in [0, 0.1) is 6.92 Å². The molecule has 0 aromatic heterocycles. The van der Waals surface area contributed by atoms with E-state index in [4.69, 9.17) is 16.3 Å². The third-order valence-electron chi connectivity index (χ3n) is 2.93. The number of rotatable bonds is 3. The highest BCUT2D eigenvalue weighted by atomic mass is 35.5. The first-order valence-corrected chi connectivity index (χ1v) is 7.72. The molecule has 0 saturated carbocycles. The highest BCUT2D eigenvalue weighted by Crippen LogP contribution is 2.19. The standard InChI is InChI=1S/C12H14ClNO4S/c1-8-2-3-10(11(13)6-8)12(15)14-19(16,17)9-4-5-18-7-9/h2-3,6,9H,4-5,7H2,1H3,(H,14,15). The number of sulfonamides is 1. The van der Waals surface area contributed by atoms with Crippen LogP contribution in [-0.4, -0.2) is 32.8 Å². The second kappa shape index (κ2) is 5.48. The maximum atomic E-state index is 11.9. The summed E-state index contributed by atoms with van der Waals surface area (Å²) < 4.78 is 30.9. The van der Waals surface area contributed by atoms with Gasteiger partial charge in [0, 0.05) is 6.61 Å². The molecule has 104 valence electrons. The number of benzene rings is 1. The van der Waals surface area contributed by atoms with Crippen LogP contribution in [-0.2, 0) is 14.8 Å². The summed E-state index contributed by atoms with van der Waals surface area (Å²) in [5, 5.41) is -0.448. The first-order valence-electron chi connectivity index (χ1n) is 5.80. The van der Waals surface area contributed by atoms with Crippen LogP contribution in [0.1, 0.15) is 22.3 Å². The highest BCUT2D eigenvalue weighted by Gasteiger charge is 2.31. The van der Waals surface area contributed by atoms with Crippen molar-refractivity contribution in [2.24, 2.45) is 0 Å². The number of ether oxygens (including phenoxy) is 1. The van der Waals surface area contributed by atoms with E-state index in [9.17, 15) is 13.2 Å². The Balaban J connectivity index is 2.16. The van der Waals surface area contributed by atoms with Gasteiger partial charge in [0.15, 0.2) is 0 Å². The molecule has 2 rings (SSSR count). The predicted octanol–water partition coefficient (Wildman–Crippen LogP) is 1.50. The van der Waals surface area contributed by atoms with E-state index in [2.05, 4.69) is 0 Å². The van der Waals surface area contributed by atoms with Crippen molar-refractivity contribution in [3.8, 4) is 0 Å². The molecule has 5 nitrogen and oxygen atoms in total. The highest BCUT2D eigenvalue weighted by molar-refractivity contribution is 7.90. The molecule has 1 heterocycles. The number of hydrogen-bond donors (Lipinski definition) is 1. The van der Waals surface area contributed by atoms with Gasteiger partial charge in [-0.2, -0.15) is 0 Å². The van der Waals surface area contributed by atoms with Gasteiger partial charge in [0.2, 0.25) is 10.0 Å². The SMILES string of the molecule is Cc1ccc(C(=O)NS(=O)(=O)C2CCOC2)c(Cl)c1. The third-order valence-corrected chi connectivity index (χ3v) is 4.96. The molecule has 19 heavy (non-hydrogen) atoms. The summed E-state index contributed by atoms with van der Waals surface area (Å²) in [5.41, 5.74) is 1.04. The lowest BCUT2D eigenvalue weighted by molar-refractivity contribution is 0.0981. The van der Waals surface area contributed by atoms with Crippen molar-refractivity contribution in [2.45, 2.75) is 18.6 Å². The Morgan fingerprint density at radius 2 is 2.21 bits per heavy atom. The lowest BCUT2D eigenvalue weighted by Gasteiger charge is -2.12. The van der Waals surface area contributed by atoms with Gasteiger partial charge in [-0.25, -0.2) is 13.1 Å². The van der Waals surface area contributed by atoms with Crippen LogP contribution in [0.15, 0.2) is 18.2 Å². The van der Waals surface area contributed by atoms with E-state index < -0.39 is 21.2 Å². The number of halogens is 1. The van der Waals surface area contributed by atoms with Crippen molar-refractivity contribution in [1.29, 1.82) is 0 Å². The fourth-order valence-corrected chi connectivity index (χ4v) is 3.37. The smallest absolute Gasteiger partial charge is 0.266 e. The van der Waals surface area contributed by atoms with Crippen LogP contribution in [0.2, 0.25) is 5.02 Å². The predicted molar refractivity (Wildman–Crippen MR) is 71.8 cm³/mol. The zero-order chi connectivity index (χ0) is 14.0. The van der Waals surface area contributed by atoms with Crippen molar-refractivity contribution in [3.63, 3.8) is 0 Å². The van der Waals surface area contributed by atoms with Gasteiger partial charge in [-0.15, -0.1) is 0 Å². The Morgan fingerprint density at radius 1 is 1.47 bits per heavy atom. The van der Waals surface area contributed by atoms with Crippen molar-refractivity contribution in [1.82, 2.24) is 4.72 Å². The quantitative estimate of drug-likeness (QED) is 0.918. The maximum Gasteiger partial charge on any atom is 0.266 e. The van der Waals surface area contributed by atoms with Crippen LogP contribution < -0.4 is 4.72 Å². The van der Waals surface area contributed by atoms with E-state index in [1.54, 1.807) is 12.1 Å². The molecule has 1 unspecified atom stereocenters. The summed E-state index contributed by atoms with van der Waals surface area (Å²) >= 11 is 5.93. The van der Waals surface area contributed by atoms with Gasteiger partial charge in [0.05, 0.1) is 17.2 Å². The Hall–Kier alpha value is -1.11. The van der Waals surface area contributed by atoms with Gasteiger partial charge in [-0.3, -0.25) is 4.79 Å². The zero-order valence-electron chi connectivity index (χ0n) is 10.3. The molecular formula is C12H14ClNO4S. The summed E-state index contributed by atoms with van der Waals surface area (Å²) in [5.74, 6) is -0.711. The van der Waals surface area contributed by atoms with Gasteiger partial charge in [-0.1, -0.05) is 17.7 Å². The summed E-state index contributed by atoms with van der Waals surface area (Å²) in [6, 6.07) is 4.82. The fourth-order valence-electron chi connectivity index (χ4n) is 1.83. The van der Waals surface area contributed by atoms with Crippen LogP contribution in [0.3, 0.4) is 0 Å². The minimum Gasteiger partial charge on any atom is -0.380 e. The Bertz CT molecular complexity index is 594. The van der Waals surface area contributed by atoms with E-state index in [1.165, 1.54) is 6.07 Å². The topological polar surface area (TPSA) is 72.5 Å². The number of carbonyl (C=O) groups is 1. The first kappa shape index (κ1) is 14.3. The normalized spacial score (nSPS) is 19.4. The van der Waals surface area contributed by atoms with Crippen molar-refractivity contribution in [2.75, 3.05) is 13.2 Å². The van der Waals surface area contributed by atoms with Gasteiger partial charge >= 0.3 is 0 Å². The van der Waals surface area contributed by atoms with Crippen LogP contribution >= 0.6 is 11.6 Å². The molecule has 1 fully saturated rings. The Labute approximate surface area is 117 Å².